The second-order valence-corrected chi connectivity index (χ2v) is 4.18. The van der Waals surface area contributed by atoms with Crippen LogP contribution < -0.4 is 5.73 Å². The number of aliphatic hydroxyl groups is 1. The van der Waals surface area contributed by atoms with E-state index in [4.69, 9.17) is 5.73 Å². The molecule has 2 nitrogen and oxygen atoms in total. The first-order chi connectivity index (χ1) is 6.09. The predicted octanol–water partition coefficient (Wildman–Crippen LogP) is 1.70. The number of hydrogen-bond acceptors (Lipinski definition) is 2. The van der Waals surface area contributed by atoms with E-state index >= 15 is 0 Å². The zero-order chi connectivity index (χ0) is 9.84. The maximum atomic E-state index is 9.53. The Hall–Kier alpha value is -0.380. The Morgan fingerprint density at radius 3 is 2.77 bits per heavy atom. The highest BCUT2D eigenvalue weighted by Gasteiger charge is 2.09. The van der Waals surface area contributed by atoms with Crippen LogP contribution in [0.25, 0.3) is 0 Å². The van der Waals surface area contributed by atoms with Crippen LogP contribution >= 0.6 is 15.9 Å². The third-order valence-corrected chi connectivity index (χ3v) is 2.43. The molecule has 0 saturated carbocycles. The molecule has 0 spiro atoms. The minimum atomic E-state index is -0.464. The van der Waals surface area contributed by atoms with Crippen molar-refractivity contribution in [3.8, 4) is 0 Å². The second-order valence-electron chi connectivity index (χ2n) is 3.26. The lowest BCUT2D eigenvalue weighted by Gasteiger charge is -2.14. The number of rotatable bonds is 3. The Labute approximate surface area is 86.9 Å². The lowest BCUT2D eigenvalue weighted by atomic mass is 10.0. The van der Waals surface area contributed by atoms with Crippen molar-refractivity contribution in [2.75, 3.05) is 0 Å². The van der Waals surface area contributed by atoms with Gasteiger partial charge in [0.15, 0.2) is 0 Å². The molecule has 0 aliphatic rings. The molecule has 0 unspecified atom stereocenters. The summed E-state index contributed by atoms with van der Waals surface area (Å²) >= 11 is 3.38. The van der Waals surface area contributed by atoms with E-state index in [2.05, 4.69) is 15.9 Å². The van der Waals surface area contributed by atoms with Crippen molar-refractivity contribution in [2.45, 2.75) is 25.5 Å². The SMILES string of the molecule is C[C@@H](N)[C@@H](O)Cc1cccc(Br)c1. The fourth-order valence-electron chi connectivity index (χ4n) is 1.09. The van der Waals surface area contributed by atoms with E-state index < -0.39 is 6.10 Å². The van der Waals surface area contributed by atoms with Crippen LogP contribution in [0, 0.1) is 0 Å². The van der Waals surface area contributed by atoms with Crippen molar-refractivity contribution in [1.82, 2.24) is 0 Å². The molecule has 0 radical (unpaired) electrons. The van der Waals surface area contributed by atoms with Crippen LogP contribution in [0.2, 0.25) is 0 Å². The van der Waals surface area contributed by atoms with Crippen LogP contribution in [-0.4, -0.2) is 17.3 Å². The number of benzene rings is 1. The molecule has 0 saturated heterocycles. The van der Waals surface area contributed by atoms with Gasteiger partial charge in [-0.15, -0.1) is 0 Å². The maximum Gasteiger partial charge on any atom is 0.0728 e. The summed E-state index contributed by atoms with van der Waals surface area (Å²) in [5.41, 5.74) is 6.66. The smallest absolute Gasteiger partial charge is 0.0728 e. The predicted molar refractivity (Wildman–Crippen MR) is 57.5 cm³/mol. The van der Waals surface area contributed by atoms with Crippen LogP contribution in [0.15, 0.2) is 28.7 Å². The molecule has 0 heterocycles. The van der Waals surface area contributed by atoms with Crippen LogP contribution in [0.4, 0.5) is 0 Å². The second kappa shape index (κ2) is 4.74. The summed E-state index contributed by atoms with van der Waals surface area (Å²) in [6.45, 7) is 1.81. The molecule has 72 valence electrons. The van der Waals surface area contributed by atoms with Gasteiger partial charge >= 0.3 is 0 Å². The number of nitrogens with two attached hydrogens (primary N) is 1. The van der Waals surface area contributed by atoms with E-state index in [0.717, 1.165) is 10.0 Å². The third-order valence-electron chi connectivity index (χ3n) is 1.94. The summed E-state index contributed by atoms with van der Waals surface area (Å²) in [5, 5.41) is 9.53. The van der Waals surface area contributed by atoms with Gasteiger partial charge in [0.1, 0.15) is 0 Å². The van der Waals surface area contributed by atoms with Gasteiger partial charge in [-0.1, -0.05) is 28.1 Å². The van der Waals surface area contributed by atoms with Crippen LogP contribution in [0.5, 0.6) is 0 Å². The molecular formula is C10H14BrNO. The van der Waals surface area contributed by atoms with Crippen LogP contribution in [-0.2, 0) is 6.42 Å². The number of aliphatic hydroxyl groups excluding tert-OH is 1. The van der Waals surface area contributed by atoms with E-state index in [9.17, 15) is 5.11 Å². The van der Waals surface area contributed by atoms with Crippen molar-refractivity contribution in [1.29, 1.82) is 0 Å². The van der Waals surface area contributed by atoms with Gasteiger partial charge in [0.05, 0.1) is 6.10 Å². The lowest BCUT2D eigenvalue weighted by molar-refractivity contribution is 0.151. The molecular weight excluding hydrogens is 230 g/mol. The molecule has 0 amide bonds. The summed E-state index contributed by atoms with van der Waals surface area (Å²) in [7, 11) is 0. The molecule has 1 rings (SSSR count). The van der Waals surface area contributed by atoms with Gasteiger partial charge in [0, 0.05) is 10.5 Å². The Morgan fingerprint density at radius 1 is 1.54 bits per heavy atom. The van der Waals surface area contributed by atoms with Crippen molar-refractivity contribution < 1.29 is 5.11 Å². The average Bonchev–Trinajstić information content (AvgIpc) is 2.04. The fraction of sp³-hybridized carbons (Fsp3) is 0.400. The van der Waals surface area contributed by atoms with E-state index in [1.165, 1.54) is 0 Å². The Bertz CT molecular complexity index is 275. The van der Waals surface area contributed by atoms with Gasteiger partial charge in [-0.2, -0.15) is 0 Å². The van der Waals surface area contributed by atoms with Gasteiger partial charge in [0.25, 0.3) is 0 Å². The molecule has 1 aromatic rings. The molecule has 1 aromatic carbocycles. The summed E-state index contributed by atoms with van der Waals surface area (Å²) in [4.78, 5) is 0. The van der Waals surface area contributed by atoms with Gasteiger partial charge in [-0.3, -0.25) is 0 Å². The first-order valence-electron chi connectivity index (χ1n) is 4.27. The topological polar surface area (TPSA) is 46.2 Å². The third kappa shape index (κ3) is 3.46. The van der Waals surface area contributed by atoms with Crippen molar-refractivity contribution in [2.24, 2.45) is 5.73 Å². The molecule has 3 heteroatoms. The van der Waals surface area contributed by atoms with E-state index in [-0.39, 0.29) is 6.04 Å². The van der Waals surface area contributed by atoms with Crippen LogP contribution in [0.1, 0.15) is 12.5 Å². The normalized spacial score (nSPS) is 15.4. The summed E-state index contributed by atoms with van der Waals surface area (Å²) in [5.74, 6) is 0. The summed E-state index contributed by atoms with van der Waals surface area (Å²) in [6.07, 6.45) is 0.145. The Balaban J connectivity index is 2.64. The zero-order valence-electron chi connectivity index (χ0n) is 7.57. The minimum Gasteiger partial charge on any atom is -0.391 e. The Kier molecular flexibility index (Phi) is 3.90. The van der Waals surface area contributed by atoms with Gasteiger partial charge < -0.3 is 10.8 Å². The van der Waals surface area contributed by atoms with Crippen molar-refractivity contribution in [3.63, 3.8) is 0 Å². The maximum absolute atomic E-state index is 9.53. The molecule has 0 fully saturated rings. The van der Waals surface area contributed by atoms with Crippen molar-refractivity contribution >= 4 is 15.9 Å². The summed E-state index contributed by atoms with van der Waals surface area (Å²) < 4.78 is 1.03. The lowest BCUT2D eigenvalue weighted by Crippen LogP contribution is -2.33. The van der Waals surface area contributed by atoms with E-state index in [1.807, 2.05) is 31.2 Å². The molecule has 0 bridgehead atoms. The fourth-order valence-corrected chi connectivity index (χ4v) is 1.54. The first kappa shape index (κ1) is 10.7. The standard InChI is InChI=1S/C10H14BrNO/c1-7(12)10(13)6-8-3-2-4-9(11)5-8/h2-5,7,10,13H,6,12H2,1H3/t7-,10+/m1/s1. The van der Waals surface area contributed by atoms with Gasteiger partial charge in [0.2, 0.25) is 0 Å². The molecule has 0 aromatic heterocycles. The molecule has 3 N–H and O–H groups in total. The number of hydrogen-bond donors (Lipinski definition) is 2. The molecule has 0 aliphatic carbocycles. The molecule has 13 heavy (non-hydrogen) atoms. The highest BCUT2D eigenvalue weighted by molar-refractivity contribution is 9.10. The highest BCUT2D eigenvalue weighted by atomic mass is 79.9. The van der Waals surface area contributed by atoms with Gasteiger partial charge in [-0.25, -0.2) is 0 Å². The highest BCUT2D eigenvalue weighted by Crippen LogP contribution is 2.13. The van der Waals surface area contributed by atoms with Gasteiger partial charge in [-0.05, 0) is 31.0 Å². The minimum absolute atomic E-state index is 0.181. The zero-order valence-corrected chi connectivity index (χ0v) is 9.16. The van der Waals surface area contributed by atoms with Crippen LogP contribution in [0.3, 0.4) is 0 Å². The first-order valence-corrected chi connectivity index (χ1v) is 5.07. The monoisotopic (exact) mass is 243 g/mol. The Morgan fingerprint density at radius 2 is 2.23 bits per heavy atom. The van der Waals surface area contributed by atoms with E-state index in [1.54, 1.807) is 0 Å². The molecule has 2 atom stereocenters. The number of halogens is 1. The summed E-state index contributed by atoms with van der Waals surface area (Å²) in [6, 6.07) is 7.70. The molecule has 0 aliphatic heterocycles. The quantitative estimate of drug-likeness (QED) is 0.850. The largest absolute Gasteiger partial charge is 0.391 e. The van der Waals surface area contributed by atoms with E-state index in [0.29, 0.717) is 6.42 Å². The van der Waals surface area contributed by atoms with Crippen molar-refractivity contribution in [3.05, 3.63) is 34.3 Å². The average molecular weight is 244 g/mol.